The van der Waals surface area contributed by atoms with E-state index in [4.69, 9.17) is 10.1 Å². The quantitative estimate of drug-likeness (QED) is 0.212. The van der Waals surface area contributed by atoms with Crippen molar-refractivity contribution in [1.29, 1.82) is 5.41 Å². The topological polar surface area (TPSA) is 103 Å². The van der Waals surface area contributed by atoms with Crippen LogP contribution in [-0.2, 0) is 14.3 Å². The Morgan fingerprint density at radius 2 is 1.70 bits per heavy atom. The molecule has 2 aromatic carbocycles. The van der Waals surface area contributed by atoms with E-state index in [0.717, 1.165) is 11.4 Å². The largest absolute Gasteiger partial charge is 0.501 e. The van der Waals surface area contributed by atoms with E-state index in [1.807, 2.05) is 42.5 Å². The van der Waals surface area contributed by atoms with E-state index in [1.54, 1.807) is 13.8 Å². The van der Waals surface area contributed by atoms with Gasteiger partial charge in [-0.25, -0.2) is 0 Å². The fourth-order valence-electron chi connectivity index (χ4n) is 2.89. The third-order valence-corrected chi connectivity index (χ3v) is 6.00. The number of rotatable bonds is 11. The second-order valence-electron chi connectivity index (χ2n) is 7.53. The van der Waals surface area contributed by atoms with Crippen molar-refractivity contribution in [3.63, 3.8) is 0 Å². The predicted octanol–water partition coefficient (Wildman–Crippen LogP) is 4.95. The van der Waals surface area contributed by atoms with E-state index >= 15 is 0 Å². The minimum Gasteiger partial charge on any atom is -0.501 e. The number of hydrogen-bond donors (Lipinski definition) is 4. The van der Waals surface area contributed by atoms with Crippen molar-refractivity contribution >= 4 is 40.8 Å². The van der Waals surface area contributed by atoms with Crippen LogP contribution in [-0.4, -0.2) is 35.8 Å². The third kappa shape index (κ3) is 9.41. The van der Waals surface area contributed by atoms with Gasteiger partial charge in [-0.05, 0) is 50.6 Å². The monoisotopic (exact) mass is 468 g/mol. The number of hydrogen-bond acceptors (Lipinski definition) is 6. The molecule has 0 aliphatic rings. The van der Waals surface area contributed by atoms with E-state index in [9.17, 15) is 9.59 Å². The van der Waals surface area contributed by atoms with Crippen LogP contribution < -0.4 is 16.0 Å². The summed E-state index contributed by atoms with van der Waals surface area (Å²) in [5.41, 5.74) is 2.90. The number of ether oxygens (including phenoxy) is 1. The lowest BCUT2D eigenvalue weighted by atomic mass is 10.1. The molecule has 0 bridgehead atoms. The number of methoxy groups -OCH3 is 1. The summed E-state index contributed by atoms with van der Waals surface area (Å²) in [4.78, 5) is 24.4. The molecule has 2 aromatic rings. The van der Waals surface area contributed by atoms with Gasteiger partial charge in [0.25, 0.3) is 0 Å². The lowest BCUT2D eigenvalue weighted by Gasteiger charge is -2.16. The first kappa shape index (κ1) is 26.0. The van der Waals surface area contributed by atoms with Gasteiger partial charge in [-0.15, -0.1) is 11.8 Å². The molecule has 4 N–H and O–H groups in total. The molecule has 0 fully saturated rings. The van der Waals surface area contributed by atoms with Crippen molar-refractivity contribution in [1.82, 2.24) is 5.32 Å². The highest BCUT2D eigenvalue weighted by atomic mass is 32.2. The first-order valence-corrected chi connectivity index (χ1v) is 11.8. The Kier molecular flexibility index (Phi) is 10.5. The molecule has 0 radical (unpaired) electrons. The minimum atomic E-state index is -0.383. The molecule has 2 amide bonds. The molecule has 0 spiro atoms. The van der Waals surface area contributed by atoms with Crippen LogP contribution in [0.4, 0.5) is 11.4 Å². The average Bonchev–Trinajstić information content (AvgIpc) is 2.80. The molecule has 2 rings (SSSR count). The van der Waals surface area contributed by atoms with Crippen LogP contribution in [0.15, 0.2) is 66.4 Å². The number of allylic oxidation sites excluding steroid dienone is 1. The van der Waals surface area contributed by atoms with Crippen LogP contribution in [0.5, 0.6) is 0 Å². The van der Waals surface area contributed by atoms with E-state index in [2.05, 4.69) is 35.0 Å². The van der Waals surface area contributed by atoms with Crippen LogP contribution >= 0.6 is 11.8 Å². The lowest BCUT2D eigenvalue weighted by molar-refractivity contribution is -0.119. The first-order valence-electron chi connectivity index (χ1n) is 10.7. The summed E-state index contributed by atoms with van der Waals surface area (Å²) in [5, 5.41) is 16.2. The first-order chi connectivity index (χ1) is 15.8. The molecular weight excluding hydrogens is 436 g/mol. The lowest BCUT2D eigenvalue weighted by Crippen LogP contribution is -2.35. The van der Waals surface area contributed by atoms with Gasteiger partial charge in [0.2, 0.25) is 11.8 Å². The molecule has 7 nitrogen and oxygen atoms in total. The standard InChI is InChI=1S/C25H32N4O3S/c1-17(32-4)16-23(26)29-25(31)19(3)33-15-14-24(30)28-22-12-10-21(11-13-22)27-18(2)20-8-6-5-7-9-20/h5-13,16,18-19,27H,14-15H2,1-4H3,(H,28,30)(H2,26,29,31)/b17-16-. The molecule has 8 heteroatoms. The molecule has 0 heterocycles. The van der Waals surface area contributed by atoms with Crippen molar-refractivity contribution in [2.45, 2.75) is 38.5 Å². The van der Waals surface area contributed by atoms with Crippen LogP contribution in [0, 0.1) is 5.41 Å². The highest BCUT2D eigenvalue weighted by molar-refractivity contribution is 8.00. The Morgan fingerprint density at radius 3 is 2.33 bits per heavy atom. The van der Waals surface area contributed by atoms with Gasteiger partial charge in [-0.3, -0.25) is 15.0 Å². The molecule has 0 saturated heterocycles. The zero-order valence-electron chi connectivity index (χ0n) is 19.5. The van der Waals surface area contributed by atoms with Gasteiger partial charge in [0.15, 0.2) is 0 Å². The Hall–Kier alpha value is -3.26. The van der Waals surface area contributed by atoms with Gasteiger partial charge in [-0.1, -0.05) is 30.3 Å². The number of carbonyl (C=O) groups is 2. The molecule has 176 valence electrons. The van der Waals surface area contributed by atoms with Crippen LogP contribution in [0.1, 0.15) is 38.8 Å². The Bertz CT molecular complexity index is 961. The molecule has 2 atom stereocenters. The number of nitrogens with one attached hydrogen (secondary N) is 4. The summed E-state index contributed by atoms with van der Waals surface area (Å²) in [5.74, 6) is 0.611. The van der Waals surface area contributed by atoms with E-state index in [1.165, 1.54) is 30.5 Å². The van der Waals surface area contributed by atoms with Gasteiger partial charge in [0, 0.05) is 35.7 Å². The Balaban J connectivity index is 1.72. The number of amides is 2. The van der Waals surface area contributed by atoms with Gasteiger partial charge in [0.1, 0.15) is 5.84 Å². The summed E-state index contributed by atoms with van der Waals surface area (Å²) in [7, 11) is 1.50. The molecule has 0 aliphatic heterocycles. The van der Waals surface area contributed by atoms with Gasteiger partial charge in [0.05, 0.1) is 18.1 Å². The SMILES string of the molecule is CO/C(C)=C\C(=N)NC(=O)C(C)SCCC(=O)Nc1ccc(NC(C)c2ccccc2)cc1. The fraction of sp³-hybridized carbons (Fsp3) is 0.320. The molecule has 0 aliphatic carbocycles. The Labute approximate surface area is 199 Å². The smallest absolute Gasteiger partial charge is 0.238 e. The predicted molar refractivity (Wildman–Crippen MR) is 137 cm³/mol. The van der Waals surface area contributed by atoms with Gasteiger partial charge < -0.3 is 20.7 Å². The van der Waals surface area contributed by atoms with Crippen molar-refractivity contribution in [3.05, 3.63) is 72.0 Å². The summed E-state index contributed by atoms with van der Waals surface area (Å²) in [6.07, 6.45) is 1.72. The van der Waals surface area contributed by atoms with Gasteiger partial charge in [-0.2, -0.15) is 0 Å². The second kappa shape index (κ2) is 13.3. The van der Waals surface area contributed by atoms with Crippen molar-refractivity contribution in [3.8, 4) is 0 Å². The maximum Gasteiger partial charge on any atom is 0.238 e. The van der Waals surface area contributed by atoms with E-state index in [0.29, 0.717) is 11.5 Å². The van der Waals surface area contributed by atoms with Crippen LogP contribution in [0.25, 0.3) is 0 Å². The maximum atomic E-state index is 12.2. The van der Waals surface area contributed by atoms with E-state index in [-0.39, 0.29) is 35.4 Å². The zero-order valence-corrected chi connectivity index (χ0v) is 20.3. The Morgan fingerprint density at radius 1 is 1.06 bits per heavy atom. The van der Waals surface area contributed by atoms with Gasteiger partial charge >= 0.3 is 0 Å². The summed E-state index contributed by atoms with van der Waals surface area (Å²) in [6.45, 7) is 5.55. The number of thioether (sulfide) groups is 1. The number of carbonyl (C=O) groups excluding carboxylic acids is 2. The minimum absolute atomic E-state index is 0.0272. The van der Waals surface area contributed by atoms with Crippen molar-refractivity contribution < 1.29 is 14.3 Å². The molecule has 0 saturated carbocycles. The molecular formula is C25H32N4O3S. The number of amidine groups is 1. The van der Waals surface area contributed by atoms with E-state index < -0.39 is 0 Å². The van der Waals surface area contributed by atoms with Crippen molar-refractivity contribution in [2.24, 2.45) is 0 Å². The second-order valence-corrected chi connectivity index (χ2v) is 8.98. The average molecular weight is 469 g/mol. The van der Waals surface area contributed by atoms with Crippen LogP contribution in [0.3, 0.4) is 0 Å². The maximum absolute atomic E-state index is 12.2. The van der Waals surface area contributed by atoms with Crippen LogP contribution in [0.2, 0.25) is 0 Å². The molecule has 33 heavy (non-hydrogen) atoms. The molecule has 0 aromatic heterocycles. The summed E-state index contributed by atoms with van der Waals surface area (Å²) in [6, 6.07) is 18.0. The number of benzene rings is 2. The highest BCUT2D eigenvalue weighted by Gasteiger charge is 2.15. The van der Waals surface area contributed by atoms with Crippen molar-refractivity contribution in [2.75, 3.05) is 23.5 Å². The number of anilines is 2. The zero-order chi connectivity index (χ0) is 24.2. The summed E-state index contributed by atoms with van der Waals surface area (Å²) < 4.78 is 4.96. The summed E-state index contributed by atoms with van der Waals surface area (Å²) >= 11 is 1.37. The molecule has 2 unspecified atom stereocenters. The fourth-order valence-corrected chi connectivity index (χ4v) is 3.75. The highest BCUT2D eigenvalue weighted by Crippen LogP contribution is 2.21. The third-order valence-electron chi connectivity index (χ3n) is 4.85. The normalized spacial score (nSPS) is 12.9.